The van der Waals surface area contributed by atoms with Crippen LogP contribution in [-0.2, 0) is 0 Å². The molecular weight excluding hydrogens is 124 g/mol. The summed E-state index contributed by atoms with van der Waals surface area (Å²) in [5.74, 6) is 0. The van der Waals surface area contributed by atoms with Crippen molar-refractivity contribution in [2.24, 2.45) is 4.99 Å². The molecule has 10 heavy (non-hydrogen) atoms. The molecule has 0 spiro atoms. The van der Waals surface area contributed by atoms with Crippen LogP contribution in [-0.4, -0.2) is 18.5 Å². The maximum atomic E-state index is 6.99. The Labute approximate surface area is 62.9 Å². The van der Waals surface area contributed by atoms with Gasteiger partial charge in [-0.15, -0.1) is 0 Å². The van der Waals surface area contributed by atoms with Crippen LogP contribution in [0.25, 0.3) is 0 Å². The Balaban J connectivity index is 3.60. The Bertz CT molecular complexity index is 116. The molecule has 0 aliphatic rings. The van der Waals surface area contributed by atoms with E-state index in [2.05, 4.69) is 11.9 Å². The molecule has 1 N–H and O–H groups in total. The van der Waals surface area contributed by atoms with Gasteiger partial charge in [0.05, 0.1) is 5.71 Å². The Hall–Kier alpha value is -0.660. The molecule has 0 aliphatic heterocycles. The van der Waals surface area contributed by atoms with Gasteiger partial charge in [0.1, 0.15) is 0 Å². The number of hydrogen-bond donors (Lipinski definition) is 1. The second kappa shape index (κ2) is 6.46. The van der Waals surface area contributed by atoms with E-state index in [1.807, 2.05) is 6.92 Å². The molecule has 0 aromatic rings. The van der Waals surface area contributed by atoms with Crippen molar-refractivity contribution in [1.82, 2.24) is 0 Å². The molecule has 2 heteroatoms. The van der Waals surface area contributed by atoms with Crippen molar-refractivity contribution in [3.63, 3.8) is 0 Å². The van der Waals surface area contributed by atoms with Gasteiger partial charge in [-0.3, -0.25) is 4.99 Å². The molecule has 0 heterocycles. The lowest BCUT2D eigenvalue weighted by Crippen LogP contribution is -1.99. The van der Waals surface area contributed by atoms with Gasteiger partial charge in [0, 0.05) is 12.8 Å². The minimum absolute atomic E-state index is 0.800. The second-order valence-corrected chi connectivity index (χ2v) is 2.21. The molecule has 0 rings (SSSR count). The van der Waals surface area contributed by atoms with Gasteiger partial charge in [-0.2, -0.15) is 0 Å². The first kappa shape index (κ1) is 9.34. The lowest BCUT2D eigenvalue weighted by atomic mass is 10.2. The minimum Gasteiger partial charge on any atom is -0.307 e. The van der Waals surface area contributed by atoms with E-state index in [1.54, 1.807) is 0 Å². The third-order valence-electron chi connectivity index (χ3n) is 1.31. The predicted octanol–water partition coefficient (Wildman–Crippen LogP) is 2.29. The number of hydrogen-bond acceptors (Lipinski definition) is 2. The molecule has 0 radical (unpaired) electrons. The highest BCUT2D eigenvalue weighted by Gasteiger charge is 1.91. The van der Waals surface area contributed by atoms with Gasteiger partial charge in [0.15, 0.2) is 0 Å². The summed E-state index contributed by atoms with van der Waals surface area (Å²) in [6.45, 7) is 4.94. The summed E-state index contributed by atoms with van der Waals surface area (Å²) < 4.78 is 0. The van der Waals surface area contributed by atoms with E-state index >= 15 is 0 Å². The molecule has 0 amide bonds. The highest BCUT2D eigenvalue weighted by Crippen LogP contribution is 1.95. The summed E-state index contributed by atoms with van der Waals surface area (Å²) in [7, 11) is 0. The Morgan fingerprint density at radius 3 is 2.60 bits per heavy atom. The highest BCUT2D eigenvalue weighted by molar-refractivity contribution is 6.29. The molecule has 0 bridgehead atoms. The molecule has 0 aromatic carbocycles. The van der Waals surface area contributed by atoms with E-state index in [1.165, 1.54) is 12.6 Å². The number of unbranched alkanes of at least 4 members (excludes halogenated alkanes) is 1. The Morgan fingerprint density at radius 1 is 1.50 bits per heavy atom. The van der Waals surface area contributed by atoms with Gasteiger partial charge in [0.25, 0.3) is 0 Å². The van der Waals surface area contributed by atoms with E-state index < -0.39 is 0 Å². The summed E-state index contributed by atoms with van der Waals surface area (Å²) in [6, 6.07) is 0. The number of aliphatic imine (C=N–C) groups is 1. The first-order valence-corrected chi connectivity index (χ1v) is 3.88. The zero-order valence-corrected chi connectivity index (χ0v) is 6.85. The molecule has 0 saturated carbocycles. The SMILES string of the molecule is CCCCC(C=N)=NCC. The van der Waals surface area contributed by atoms with Crippen LogP contribution in [0.4, 0.5) is 0 Å². The molecule has 0 fully saturated rings. The predicted molar refractivity (Wildman–Crippen MR) is 46.3 cm³/mol. The first-order chi connectivity index (χ1) is 4.85. The smallest absolute Gasteiger partial charge is 0.0523 e. The van der Waals surface area contributed by atoms with E-state index in [4.69, 9.17) is 5.41 Å². The molecule has 0 aliphatic carbocycles. The van der Waals surface area contributed by atoms with Gasteiger partial charge in [-0.25, -0.2) is 0 Å². The third kappa shape index (κ3) is 4.24. The van der Waals surface area contributed by atoms with Crippen LogP contribution in [0.3, 0.4) is 0 Å². The number of rotatable bonds is 5. The van der Waals surface area contributed by atoms with Crippen molar-refractivity contribution in [2.45, 2.75) is 33.1 Å². The van der Waals surface area contributed by atoms with Gasteiger partial charge in [-0.1, -0.05) is 13.3 Å². The number of nitrogens with zero attached hydrogens (tertiary/aromatic N) is 1. The lowest BCUT2D eigenvalue weighted by molar-refractivity contribution is 0.835. The zero-order chi connectivity index (χ0) is 7.82. The van der Waals surface area contributed by atoms with Crippen molar-refractivity contribution in [3.05, 3.63) is 0 Å². The molecule has 0 saturated heterocycles. The fourth-order valence-electron chi connectivity index (χ4n) is 0.758. The molecule has 0 aromatic heterocycles. The van der Waals surface area contributed by atoms with Crippen molar-refractivity contribution in [1.29, 1.82) is 5.41 Å². The van der Waals surface area contributed by atoms with Crippen LogP contribution in [0.15, 0.2) is 4.99 Å². The van der Waals surface area contributed by atoms with Crippen molar-refractivity contribution < 1.29 is 0 Å². The van der Waals surface area contributed by atoms with Gasteiger partial charge in [-0.05, 0) is 19.8 Å². The van der Waals surface area contributed by atoms with Crippen LogP contribution in [0, 0.1) is 5.41 Å². The van der Waals surface area contributed by atoms with E-state index in [-0.39, 0.29) is 0 Å². The van der Waals surface area contributed by atoms with Gasteiger partial charge < -0.3 is 5.41 Å². The van der Waals surface area contributed by atoms with Crippen molar-refractivity contribution >= 4 is 11.9 Å². The van der Waals surface area contributed by atoms with Crippen molar-refractivity contribution in [2.75, 3.05) is 6.54 Å². The molecule has 0 unspecified atom stereocenters. The average Bonchev–Trinajstić information content (AvgIpc) is 1.98. The van der Waals surface area contributed by atoms with Crippen LogP contribution < -0.4 is 0 Å². The maximum Gasteiger partial charge on any atom is 0.0523 e. The second-order valence-electron chi connectivity index (χ2n) is 2.21. The van der Waals surface area contributed by atoms with Crippen LogP contribution in [0.2, 0.25) is 0 Å². The van der Waals surface area contributed by atoms with Crippen LogP contribution in [0.1, 0.15) is 33.1 Å². The van der Waals surface area contributed by atoms with Crippen LogP contribution >= 0.6 is 0 Å². The quantitative estimate of drug-likeness (QED) is 0.569. The highest BCUT2D eigenvalue weighted by atomic mass is 14.7. The Morgan fingerprint density at radius 2 is 2.20 bits per heavy atom. The van der Waals surface area contributed by atoms with Crippen molar-refractivity contribution in [3.8, 4) is 0 Å². The fourth-order valence-corrected chi connectivity index (χ4v) is 0.758. The summed E-state index contributed by atoms with van der Waals surface area (Å²) in [6.07, 6.45) is 4.65. The van der Waals surface area contributed by atoms with E-state index in [0.29, 0.717) is 0 Å². The fraction of sp³-hybridized carbons (Fsp3) is 0.750. The molecule has 0 atom stereocenters. The molecule has 2 nitrogen and oxygen atoms in total. The van der Waals surface area contributed by atoms with E-state index in [9.17, 15) is 0 Å². The average molecular weight is 140 g/mol. The minimum atomic E-state index is 0.800. The summed E-state index contributed by atoms with van der Waals surface area (Å²) in [5.41, 5.74) is 0.935. The molecule has 58 valence electrons. The van der Waals surface area contributed by atoms with Gasteiger partial charge >= 0.3 is 0 Å². The monoisotopic (exact) mass is 140 g/mol. The normalized spacial score (nSPS) is 11.6. The Kier molecular flexibility index (Phi) is 6.03. The van der Waals surface area contributed by atoms with Crippen LogP contribution in [0.5, 0.6) is 0 Å². The zero-order valence-electron chi connectivity index (χ0n) is 6.85. The first-order valence-electron chi connectivity index (χ1n) is 3.88. The third-order valence-corrected chi connectivity index (χ3v) is 1.31. The van der Waals surface area contributed by atoms with E-state index in [0.717, 1.165) is 25.1 Å². The molecular formula is C8H16N2. The van der Waals surface area contributed by atoms with Gasteiger partial charge in [0.2, 0.25) is 0 Å². The summed E-state index contributed by atoms with van der Waals surface area (Å²) in [5, 5.41) is 6.99. The topological polar surface area (TPSA) is 36.2 Å². The largest absolute Gasteiger partial charge is 0.307 e. The lowest BCUT2D eigenvalue weighted by Gasteiger charge is -1.95. The summed E-state index contributed by atoms with van der Waals surface area (Å²) in [4.78, 5) is 4.15. The standard InChI is InChI=1S/C8H16N2/c1-3-5-6-8(7-9)10-4-2/h7,9H,3-6H2,1-2H3. The maximum absolute atomic E-state index is 6.99. The number of nitrogens with one attached hydrogen (secondary N) is 1. The summed E-state index contributed by atoms with van der Waals surface area (Å²) >= 11 is 0.